The zero-order valence-electron chi connectivity index (χ0n) is 12.5. The quantitative estimate of drug-likeness (QED) is 0.560. The fourth-order valence-electron chi connectivity index (χ4n) is 1.74. The Morgan fingerprint density at radius 1 is 0.846 bits per heavy atom. The van der Waals surface area contributed by atoms with Crippen LogP contribution < -0.4 is 9.47 Å². The molecule has 3 rings (SSSR count). The molecule has 6 nitrogen and oxygen atoms in total. The molecule has 0 N–H and O–H groups in total. The third kappa shape index (κ3) is 4.50. The molecule has 134 valence electrons. The van der Waals surface area contributed by atoms with Gasteiger partial charge in [-0.2, -0.15) is 23.1 Å². The van der Waals surface area contributed by atoms with Crippen molar-refractivity contribution in [1.29, 1.82) is 0 Å². The van der Waals surface area contributed by atoms with E-state index in [0.717, 1.165) is 12.3 Å². The van der Waals surface area contributed by atoms with Crippen molar-refractivity contribution < 1.29 is 22.6 Å². The summed E-state index contributed by atoms with van der Waals surface area (Å²) in [6.45, 7) is 0. The number of ether oxygens (including phenoxy) is 2. The standard InChI is InChI=1S/C15H7Cl2F3N4O2/c16-10-7-22-13(17)24-12(10)25-8-1-3-9(4-2-8)26-14-21-6-5-11(23-14)15(18,19)20/h1-7H. The van der Waals surface area contributed by atoms with Crippen LogP contribution in [-0.4, -0.2) is 19.9 Å². The van der Waals surface area contributed by atoms with Crippen molar-refractivity contribution in [3.05, 3.63) is 58.7 Å². The van der Waals surface area contributed by atoms with E-state index in [1.54, 1.807) is 0 Å². The number of benzene rings is 1. The summed E-state index contributed by atoms with van der Waals surface area (Å²) in [5.74, 6) is 0.615. The maximum absolute atomic E-state index is 12.6. The zero-order chi connectivity index (χ0) is 18.7. The van der Waals surface area contributed by atoms with E-state index >= 15 is 0 Å². The molecule has 26 heavy (non-hydrogen) atoms. The lowest BCUT2D eigenvalue weighted by atomic mass is 10.3. The fraction of sp³-hybridized carbons (Fsp3) is 0.0667. The van der Waals surface area contributed by atoms with Crippen molar-refractivity contribution in [2.45, 2.75) is 6.18 Å². The molecule has 2 aromatic heterocycles. The van der Waals surface area contributed by atoms with Crippen LogP contribution in [0.3, 0.4) is 0 Å². The summed E-state index contributed by atoms with van der Waals surface area (Å²) < 4.78 is 48.6. The second-order valence-electron chi connectivity index (χ2n) is 4.69. The van der Waals surface area contributed by atoms with Crippen molar-refractivity contribution >= 4 is 23.2 Å². The summed E-state index contributed by atoms with van der Waals surface area (Å²) in [6.07, 6.45) is -2.34. The first-order valence-corrected chi connectivity index (χ1v) is 7.61. The van der Waals surface area contributed by atoms with Gasteiger partial charge < -0.3 is 9.47 Å². The van der Waals surface area contributed by atoms with Crippen LogP contribution in [0.5, 0.6) is 23.4 Å². The number of hydrogen-bond acceptors (Lipinski definition) is 6. The molecular weight excluding hydrogens is 396 g/mol. The molecule has 3 aromatic rings. The lowest BCUT2D eigenvalue weighted by molar-refractivity contribution is -0.141. The van der Waals surface area contributed by atoms with Crippen LogP contribution >= 0.6 is 23.2 Å². The van der Waals surface area contributed by atoms with Gasteiger partial charge in [0.2, 0.25) is 11.2 Å². The first-order valence-electron chi connectivity index (χ1n) is 6.85. The Kier molecular flexibility index (Phi) is 5.10. The highest BCUT2D eigenvalue weighted by Crippen LogP contribution is 2.31. The van der Waals surface area contributed by atoms with Crippen molar-refractivity contribution in [1.82, 2.24) is 19.9 Å². The average molecular weight is 403 g/mol. The van der Waals surface area contributed by atoms with E-state index in [1.165, 1.54) is 30.5 Å². The second-order valence-corrected chi connectivity index (χ2v) is 5.44. The lowest BCUT2D eigenvalue weighted by Gasteiger charge is -2.09. The van der Waals surface area contributed by atoms with Crippen LogP contribution in [0.1, 0.15) is 5.69 Å². The van der Waals surface area contributed by atoms with Crippen LogP contribution in [0.2, 0.25) is 10.3 Å². The molecule has 0 unspecified atom stereocenters. The molecule has 0 amide bonds. The van der Waals surface area contributed by atoms with Gasteiger partial charge in [0.15, 0.2) is 5.69 Å². The SMILES string of the molecule is FC(F)(F)c1ccnc(Oc2ccc(Oc3nc(Cl)ncc3Cl)cc2)n1. The Morgan fingerprint density at radius 3 is 2.15 bits per heavy atom. The van der Waals surface area contributed by atoms with Gasteiger partial charge in [-0.25, -0.2) is 9.97 Å². The summed E-state index contributed by atoms with van der Waals surface area (Å²) in [4.78, 5) is 14.5. The van der Waals surface area contributed by atoms with Gasteiger partial charge in [-0.3, -0.25) is 0 Å². The summed E-state index contributed by atoms with van der Waals surface area (Å²) in [5.41, 5.74) is -1.10. The lowest BCUT2D eigenvalue weighted by Crippen LogP contribution is -2.08. The predicted octanol–water partition coefficient (Wildman–Crippen LogP) is 5.18. The molecule has 0 saturated heterocycles. The molecule has 1 aromatic carbocycles. The molecule has 0 aliphatic heterocycles. The zero-order valence-corrected chi connectivity index (χ0v) is 14.0. The highest BCUT2D eigenvalue weighted by Gasteiger charge is 2.33. The van der Waals surface area contributed by atoms with Crippen molar-refractivity contribution in [3.8, 4) is 23.4 Å². The number of nitrogens with zero attached hydrogens (tertiary/aromatic N) is 4. The Balaban J connectivity index is 1.73. The maximum atomic E-state index is 12.6. The van der Waals surface area contributed by atoms with Gasteiger partial charge in [0.1, 0.15) is 16.5 Å². The Morgan fingerprint density at radius 2 is 1.50 bits per heavy atom. The van der Waals surface area contributed by atoms with Crippen LogP contribution in [0.25, 0.3) is 0 Å². The molecule has 0 saturated carbocycles. The molecule has 0 fully saturated rings. The van der Waals surface area contributed by atoms with E-state index in [9.17, 15) is 13.2 Å². The molecule has 11 heteroatoms. The highest BCUT2D eigenvalue weighted by atomic mass is 35.5. The maximum Gasteiger partial charge on any atom is 0.433 e. The van der Waals surface area contributed by atoms with E-state index in [1.807, 2.05) is 0 Å². The first kappa shape index (κ1) is 18.2. The van der Waals surface area contributed by atoms with Crippen molar-refractivity contribution in [3.63, 3.8) is 0 Å². The minimum Gasteiger partial charge on any atom is -0.437 e. The van der Waals surface area contributed by atoms with Crippen LogP contribution in [0.15, 0.2) is 42.7 Å². The minimum absolute atomic E-state index is 0.0361. The van der Waals surface area contributed by atoms with Gasteiger partial charge in [-0.1, -0.05) is 11.6 Å². The van der Waals surface area contributed by atoms with E-state index < -0.39 is 17.9 Å². The third-order valence-electron chi connectivity index (χ3n) is 2.85. The van der Waals surface area contributed by atoms with Gasteiger partial charge in [0.25, 0.3) is 0 Å². The Bertz CT molecular complexity index is 924. The van der Waals surface area contributed by atoms with Gasteiger partial charge in [-0.15, -0.1) is 0 Å². The normalized spacial score (nSPS) is 11.3. The summed E-state index contributed by atoms with van der Waals surface area (Å²) in [5, 5.41) is 0.123. The summed E-state index contributed by atoms with van der Waals surface area (Å²) in [7, 11) is 0. The topological polar surface area (TPSA) is 70.0 Å². The number of alkyl halides is 3. The molecule has 0 spiro atoms. The molecule has 0 bridgehead atoms. The summed E-state index contributed by atoms with van der Waals surface area (Å²) in [6, 6.07) is 6.22. The fourth-order valence-corrected chi connectivity index (χ4v) is 2.00. The second kappa shape index (κ2) is 7.30. The number of halogens is 5. The molecule has 0 atom stereocenters. The van der Waals surface area contributed by atoms with Crippen LogP contribution in [0, 0.1) is 0 Å². The van der Waals surface area contributed by atoms with Crippen LogP contribution in [-0.2, 0) is 6.18 Å². The minimum atomic E-state index is -4.59. The number of aromatic nitrogens is 4. The summed E-state index contributed by atoms with van der Waals surface area (Å²) >= 11 is 11.6. The molecule has 0 aliphatic rings. The molecular formula is C15H7Cl2F3N4O2. The smallest absolute Gasteiger partial charge is 0.433 e. The number of hydrogen-bond donors (Lipinski definition) is 0. The Labute approximate surface area is 154 Å². The van der Waals surface area contributed by atoms with Gasteiger partial charge >= 0.3 is 12.2 Å². The first-order chi connectivity index (χ1) is 12.3. The largest absolute Gasteiger partial charge is 0.437 e. The van der Waals surface area contributed by atoms with E-state index in [-0.39, 0.29) is 21.9 Å². The van der Waals surface area contributed by atoms with Gasteiger partial charge in [0.05, 0.1) is 6.20 Å². The van der Waals surface area contributed by atoms with Gasteiger partial charge in [0, 0.05) is 6.20 Å². The highest BCUT2D eigenvalue weighted by molar-refractivity contribution is 6.32. The predicted molar refractivity (Wildman–Crippen MR) is 85.7 cm³/mol. The van der Waals surface area contributed by atoms with Crippen LogP contribution in [0.4, 0.5) is 13.2 Å². The van der Waals surface area contributed by atoms with Gasteiger partial charge in [-0.05, 0) is 41.9 Å². The molecule has 0 radical (unpaired) electrons. The molecule has 2 heterocycles. The van der Waals surface area contributed by atoms with Crippen molar-refractivity contribution in [2.24, 2.45) is 0 Å². The van der Waals surface area contributed by atoms with Crippen molar-refractivity contribution in [2.75, 3.05) is 0 Å². The van der Waals surface area contributed by atoms with E-state index in [4.69, 9.17) is 32.7 Å². The van der Waals surface area contributed by atoms with E-state index in [2.05, 4.69) is 19.9 Å². The van der Waals surface area contributed by atoms with E-state index in [0.29, 0.717) is 5.75 Å². The number of rotatable bonds is 4. The third-order valence-corrected chi connectivity index (χ3v) is 3.30. The average Bonchev–Trinajstić information content (AvgIpc) is 2.59. The monoisotopic (exact) mass is 402 g/mol. The Hall–Kier alpha value is -2.65. The molecule has 0 aliphatic carbocycles.